The van der Waals surface area contributed by atoms with Crippen LogP contribution in [0.1, 0.15) is 43.5 Å². The molecule has 2 aliphatic rings. The summed E-state index contributed by atoms with van der Waals surface area (Å²) in [5.74, 6) is -2.47. The van der Waals surface area contributed by atoms with Crippen LogP contribution in [0.4, 0.5) is 8.78 Å². The van der Waals surface area contributed by atoms with Crippen molar-refractivity contribution in [1.29, 1.82) is 0 Å². The predicted molar refractivity (Wildman–Crippen MR) is 85.4 cm³/mol. The van der Waals surface area contributed by atoms with Crippen LogP contribution in [0.2, 0.25) is 0 Å². The molecule has 3 rings (SSSR count). The number of piperidine rings is 1. The normalized spacial score (nSPS) is 24.7. The summed E-state index contributed by atoms with van der Waals surface area (Å²) < 4.78 is 26.2. The SMILES string of the molecule is CC1CCCC(C)N1C(=O)C1CN(C(=O)c2ccc(F)c(F)c2)C1. The molecule has 0 N–H and O–H groups in total. The highest BCUT2D eigenvalue weighted by molar-refractivity contribution is 5.96. The number of benzene rings is 1. The van der Waals surface area contributed by atoms with Gasteiger partial charge in [0.05, 0.1) is 5.92 Å². The lowest BCUT2D eigenvalue weighted by Crippen LogP contribution is -2.59. The molecule has 2 fully saturated rings. The molecule has 2 unspecified atom stereocenters. The Morgan fingerprint density at radius 2 is 1.67 bits per heavy atom. The van der Waals surface area contributed by atoms with Gasteiger partial charge in [0.15, 0.2) is 11.6 Å². The Hall–Kier alpha value is -1.98. The van der Waals surface area contributed by atoms with Crippen LogP contribution >= 0.6 is 0 Å². The highest BCUT2D eigenvalue weighted by atomic mass is 19.2. The van der Waals surface area contributed by atoms with Gasteiger partial charge in [-0.25, -0.2) is 8.78 Å². The average molecular weight is 336 g/mol. The molecular weight excluding hydrogens is 314 g/mol. The van der Waals surface area contributed by atoms with E-state index in [9.17, 15) is 18.4 Å². The monoisotopic (exact) mass is 336 g/mol. The van der Waals surface area contributed by atoms with E-state index < -0.39 is 11.6 Å². The van der Waals surface area contributed by atoms with Gasteiger partial charge in [-0.05, 0) is 51.3 Å². The second kappa shape index (κ2) is 6.49. The first-order valence-corrected chi connectivity index (χ1v) is 8.45. The molecule has 2 amide bonds. The van der Waals surface area contributed by atoms with Crippen molar-refractivity contribution in [2.45, 2.75) is 45.2 Å². The fraction of sp³-hybridized carbons (Fsp3) is 0.556. The van der Waals surface area contributed by atoms with Crippen LogP contribution in [-0.2, 0) is 4.79 Å². The van der Waals surface area contributed by atoms with Gasteiger partial charge in [0.2, 0.25) is 5.91 Å². The summed E-state index contributed by atoms with van der Waals surface area (Å²) in [7, 11) is 0. The minimum absolute atomic E-state index is 0.101. The molecule has 0 radical (unpaired) electrons. The molecule has 130 valence electrons. The highest BCUT2D eigenvalue weighted by Gasteiger charge is 2.41. The smallest absolute Gasteiger partial charge is 0.254 e. The van der Waals surface area contributed by atoms with Gasteiger partial charge in [0.1, 0.15) is 0 Å². The van der Waals surface area contributed by atoms with Crippen LogP contribution in [-0.4, -0.2) is 46.8 Å². The van der Waals surface area contributed by atoms with Gasteiger partial charge in [-0.15, -0.1) is 0 Å². The summed E-state index contributed by atoms with van der Waals surface area (Å²) in [6.45, 7) is 4.81. The lowest BCUT2D eigenvalue weighted by Gasteiger charge is -2.45. The first kappa shape index (κ1) is 16.9. The third kappa shape index (κ3) is 3.01. The first-order chi connectivity index (χ1) is 11.4. The maximum absolute atomic E-state index is 13.3. The van der Waals surface area contributed by atoms with Crippen LogP contribution < -0.4 is 0 Å². The van der Waals surface area contributed by atoms with Crippen LogP contribution in [0.25, 0.3) is 0 Å². The molecule has 2 atom stereocenters. The molecule has 6 heteroatoms. The van der Waals surface area contributed by atoms with E-state index in [1.54, 1.807) is 0 Å². The van der Waals surface area contributed by atoms with Crippen molar-refractivity contribution in [3.8, 4) is 0 Å². The fourth-order valence-electron chi connectivity index (χ4n) is 3.68. The zero-order valence-electron chi connectivity index (χ0n) is 14.0. The Labute approximate surface area is 140 Å². The topological polar surface area (TPSA) is 40.6 Å². The Kier molecular flexibility index (Phi) is 4.56. The average Bonchev–Trinajstić information content (AvgIpc) is 2.48. The molecule has 2 aliphatic heterocycles. The molecule has 1 aromatic rings. The molecule has 0 saturated carbocycles. The van der Waals surface area contributed by atoms with Gasteiger partial charge in [0, 0.05) is 30.7 Å². The Morgan fingerprint density at radius 1 is 1.04 bits per heavy atom. The van der Waals surface area contributed by atoms with E-state index in [4.69, 9.17) is 0 Å². The minimum Gasteiger partial charge on any atom is -0.337 e. The third-order valence-corrected chi connectivity index (χ3v) is 5.13. The minimum atomic E-state index is -1.04. The van der Waals surface area contributed by atoms with Crippen molar-refractivity contribution < 1.29 is 18.4 Å². The standard InChI is InChI=1S/C18H22F2N2O2/c1-11-4-3-5-12(2)22(11)18(24)14-9-21(10-14)17(23)13-6-7-15(19)16(20)8-13/h6-8,11-12,14H,3-5,9-10H2,1-2H3. The molecule has 24 heavy (non-hydrogen) atoms. The molecular formula is C18H22F2N2O2. The van der Waals surface area contributed by atoms with Crippen LogP contribution in [0.3, 0.4) is 0 Å². The summed E-state index contributed by atoms with van der Waals surface area (Å²) in [5, 5.41) is 0. The summed E-state index contributed by atoms with van der Waals surface area (Å²) in [6, 6.07) is 3.59. The lowest BCUT2D eigenvalue weighted by atomic mass is 9.91. The third-order valence-electron chi connectivity index (χ3n) is 5.13. The number of halogens is 2. The quantitative estimate of drug-likeness (QED) is 0.833. The number of hydrogen-bond donors (Lipinski definition) is 0. The van der Waals surface area contributed by atoms with Crippen LogP contribution in [0.5, 0.6) is 0 Å². The Morgan fingerprint density at radius 3 is 2.25 bits per heavy atom. The Balaban J connectivity index is 1.61. The maximum Gasteiger partial charge on any atom is 0.254 e. The van der Waals surface area contributed by atoms with E-state index >= 15 is 0 Å². The lowest BCUT2D eigenvalue weighted by molar-refractivity contribution is -0.146. The van der Waals surface area contributed by atoms with Gasteiger partial charge < -0.3 is 9.80 Å². The molecule has 4 nitrogen and oxygen atoms in total. The fourth-order valence-corrected chi connectivity index (χ4v) is 3.68. The van der Waals surface area contributed by atoms with E-state index in [0.717, 1.165) is 31.4 Å². The van der Waals surface area contributed by atoms with Gasteiger partial charge >= 0.3 is 0 Å². The summed E-state index contributed by atoms with van der Waals surface area (Å²) in [4.78, 5) is 28.4. The largest absolute Gasteiger partial charge is 0.337 e. The van der Waals surface area contributed by atoms with Crippen molar-refractivity contribution in [2.24, 2.45) is 5.92 Å². The summed E-state index contributed by atoms with van der Waals surface area (Å²) in [6.07, 6.45) is 3.16. The van der Waals surface area contributed by atoms with E-state index in [0.29, 0.717) is 13.1 Å². The van der Waals surface area contributed by atoms with Crippen molar-refractivity contribution in [1.82, 2.24) is 9.80 Å². The van der Waals surface area contributed by atoms with Gasteiger partial charge in [-0.2, -0.15) is 0 Å². The number of hydrogen-bond acceptors (Lipinski definition) is 2. The molecule has 0 aliphatic carbocycles. The van der Waals surface area contributed by atoms with Crippen molar-refractivity contribution in [2.75, 3.05) is 13.1 Å². The van der Waals surface area contributed by atoms with Crippen LogP contribution in [0.15, 0.2) is 18.2 Å². The second-order valence-corrected chi connectivity index (χ2v) is 6.91. The van der Waals surface area contributed by atoms with Crippen molar-refractivity contribution in [3.63, 3.8) is 0 Å². The molecule has 2 saturated heterocycles. The zero-order valence-corrected chi connectivity index (χ0v) is 14.0. The highest BCUT2D eigenvalue weighted by Crippen LogP contribution is 2.28. The van der Waals surface area contributed by atoms with Gasteiger partial charge in [-0.3, -0.25) is 9.59 Å². The van der Waals surface area contributed by atoms with Crippen molar-refractivity contribution >= 4 is 11.8 Å². The summed E-state index contributed by atoms with van der Waals surface area (Å²) >= 11 is 0. The molecule has 2 heterocycles. The van der Waals surface area contributed by atoms with Gasteiger partial charge in [-0.1, -0.05) is 0 Å². The number of likely N-dealkylation sites (tertiary alicyclic amines) is 2. The zero-order chi connectivity index (χ0) is 17.4. The van der Waals surface area contributed by atoms with E-state index in [-0.39, 0.29) is 35.4 Å². The molecule has 0 bridgehead atoms. The summed E-state index contributed by atoms with van der Waals surface area (Å²) in [5.41, 5.74) is 0.111. The number of nitrogens with zero attached hydrogens (tertiary/aromatic N) is 2. The Bertz CT molecular complexity index is 648. The maximum atomic E-state index is 13.3. The molecule has 1 aromatic carbocycles. The number of carbonyl (C=O) groups excluding carboxylic acids is 2. The number of carbonyl (C=O) groups is 2. The number of amides is 2. The number of rotatable bonds is 2. The molecule has 0 spiro atoms. The van der Waals surface area contributed by atoms with Crippen molar-refractivity contribution in [3.05, 3.63) is 35.4 Å². The van der Waals surface area contributed by atoms with E-state index in [2.05, 4.69) is 13.8 Å². The van der Waals surface area contributed by atoms with Gasteiger partial charge in [0.25, 0.3) is 5.91 Å². The second-order valence-electron chi connectivity index (χ2n) is 6.91. The first-order valence-electron chi connectivity index (χ1n) is 8.45. The predicted octanol–water partition coefficient (Wildman–Crippen LogP) is 2.83. The van der Waals surface area contributed by atoms with Crippen LogP contribution in [0, 0.1) is 17.6 Å². The van der Waals surface area contributed by atoms with E-state index in [1.807, 2.05) is 4.90 Å². The molecule has 0 aromatic heterocycles. The van der Waals surface area contributed by atoms with E-state index in [1.165, 1.54) is 11.0 Å².